The molecule has 0 saturated carbocycles. The van der Waals surface area contributed by atoms with Gasteiger partial charge in [0.1, 0.15) is 5.75 Å². The van der Waals surface area contributed by atoms with Crippen molar-refractivity contribution in [3.05, 3.63) is 77.9 Å². The molecule has 0 aliphatic carbocycles. The lowest BCUT2D eigenvalue weighted by Crippen LogP contribution is -2.40. The first-order valence-electron chi connectivity index (χ1n) is 11.5. The van der Waals surface area contributed by atoms with Gasteiger partial charge in [-0.05, 0) is 66.0 Å². The monoisotopic (exact) mass is 427 g/mol. The third-order valence-corrected chi connectivity index (χ3v) is 6.56. The van der Waals surface area contributed by atoms with Gasteiger partial charge in [-0.25, -0.2) is 5.01 Å². The number of carbonyl (C=O) groups excluding carboxylic acids is 1. The van der Waals surface area contributed by atoms with Crippen LogP contribution in [-0.2, 0) is 4.79 Å². The van der Waals surface area contributed by atoms with Gasteiger partial charge in [-0.2, -0.15) is 5.10 Å². The number of benzene rings is 3. The van der Waals surface area contributed by atoms with Crippen LogP contribution in [0.5, 0.6) is 5.75 Å². The number of hydrogen-bond donors (Lipinski definition) is 0. The maximum Gasteiger partial charge on any atom is 0.257 e. The lowest BCUT2D eigenvalue weighted by molar-refractivity contribution is -0.134. The smallest absolute Gasteiger partial charge is 0.257 e. The van der Waals surface area contributed by atoms with Gasteiger partial charge in [0.2, 0.25) is 0 Å². The average molecular weight is 428 g/mol. The van der Waals surface area contributed by atoms with Gasteiger partial charge >= 0.3 is 0 Å². The van der Waals surface area contributed by atoms with E-state index in [9.17, 15) is 4.79 Å². The minimum absolute atomic E-state index is 0.0727. The molecular weight excluding hydrogens is 398 g/mol. The van der Waals surface area contributed by atoms with E-state index in [1.807, 2.05) is 24.3 Å². The molecule has 5 rings (SSSR count). The summed E-state index contributed by atoms with van der Waals surface area (Å²) in [5.74, 6) is 0.886. The van der Waals surface area contributed by atoms with Gasteiger partial charge in [-0.1, -0.05) is 55.0 Å². The van der Waals surface area contributed by atoms with Crippen molar-refractivity contribution < 1.29 is 9.53 Å². The van der Waals surface area contributed by atoms with Crippen molar-refractivity contribution in [2.45, 2.75) is 31.7 Å². The summed E-state index contributed by atoms with van der Waals surface area (Å²) in [6.07, 6.45) is 4.30. The van der Waals surface area contributed by atoms with E-state index in [0.29, 0.717) is 13.0 Å². The van der Waals surface area contributed by atoms with Crippen molar-refractivity contribution >= 4 is 22.4 Å². The van der Waals surface area contributed by atoms with E-state index >= 15 is 0 Å². The second-order valence-electron chi connectivity index (χ2n) is 8.68. The fourth-order valence-electron chi connectivity index (χ4n) is 4.75. The zero-order chi connectivity index (χ0) is 21.9. The molecule has 5 heteroatoms. The zero-order valence-corrected chi connectivity index (χ0v) is 18.5. The molecular formula is C27H29N3O2. The molecule has 0 spiro atoms. The van der Waals surface area contributed by atoms with Crippen molar-refractivity contribution in [1.82, 2.24) is 9.91 Å². The van der Waals surface area contributed by atoms with Crippen LogP contribution in [0.3, 0.4) is 0 Å². The predicted molar refractivity (Wildman–Crippen MR) is 128 cm³/mol. The Morgan fingerprint density at radius 3 is 2.47 bits per heavy atom. The molecule has 1 fully saturated rings. The summed E-state index contributed by atoms with van der Waals surface area (Å²) in [6.45, 7) is 2.42. The SMILES string of the molecule is COc1ccc([C@H]2CC(c3ccc4ccccc4c3)=NN2C(=O)CN2CCCCC2)cc1. The number of nitrogens with zero attached hydrogens (tertiary/aromatic N) is 3. The first kappa shape index (κ1) is 20.7. The molecule has 3 aromatic carbocycles. The van der Waals surface area contributed by atoms with E-state index in [4.69, 9.17) is 9.84 Å². The van der Waals surface area contributed by atoms with E-state index in [2.05, 4.69) is 47.4 Å². The van der Waals surface area contributed by atoms with Crippen molar-refractivity contribution in [3.8, 4) is 5.75 Å². The maximum absolute atomic E-state index is 13.4. The van der Waals surface area contributed by atoms with Crippen LogP contribution >= 0.6 is 0 Å². The van der Waals surface area contributed by atoms with Gasteiger partial charge in [0.05, 0.1) is 25.4 Å². The zero-order valence-electron chi connectivity index (χ0n) is 18.5. The number of hydrogen-bond acceptors (Lipinski definition) is 4. The average Bonchev–Trinajstić information content (AvgIpc) is 3.30. The van der Waals surface area contributed by atoms with Gasteiger partial charge in [-0.15, -0.1) is 0 Å². The summed E-state index contributed by atoms with van der Waals surface area (Å²) in [5.41, 5.74) is 3.12. The topological polar surface area (TPSA) is 45.1 Å². The van der Waals surface area contributed by atoms with Crippen molar-refractivity contribution in [2.75, 3.05) is 26.7 Å². The predicted octanol–water partition coefficient (Wildman–Crippen LogP) is 5.01. The summed E-state index contributed by atoms with van der Waals surface area (Å²) in [5, 5.41) is 8.99. The molecule has 2 aliphatic heterocycles. The number of likely N-dealkylation sites (tertiary alicyclic amines) is 1. The van der Waals surface area contributed by atoms with Crippen molar-refractivity contribution in [3.63, 3.8) is 0 Å². The molecule has 1 atom stereocenters. The summed E-state index contributed by atoms with van der Waals surface area (Å²) in [6, 6.07) is 22.7. The molecule has 164 valence electrons. The second-order valence-corrected chi connectivity index (χ2v) is 8.68. The molecule has 5 nitrogen and oxygen atoms in total. The maximum atomic E-state index is 13.4. The van der Waals surface area contributed by atoms with Gasteiger partial charge in [0, 0.05) is 6.42 Å². The molecule has 2 heterocycles. The number of carbonyl (C=O) groups is 1. The van der Waals surface area contributed by atoms with E-state index < -0.39 is 0 Å². The molecule has 0 aromatic heterocycles. The Morgan fingerprint density at radius 1 is 0.969 bits per heavy atom. The number of hydrazone groups is 1. The summed E-state index contributed by atoms with van der Waals surface area (Å²) in [7, 11) is 1.67. The molecule has 1 amide bonds. The molecule has 0 radical (unpaired) electrons. The Bertz CT molecular complexity index is 1130. The lowest BCUT2D eigenvalue weighted by Gasteiger charge is -2.29. The molecule has 32 heavy (non-hydrogen) atoms. The van der Waals surface area contributed by atoms with Gasteiger partial charge in [0.15, 0.2) is 0 Å². The fourth-order valence-corrected chi connectivity index (χ4v) is 4.75. The van der Waals surface area contributed by atoms with Crippen LogP contribution < -0.4 is 4.74 Å². The summed E-state index contributed by atoms with van der Waals surface area (Å²) in [4.78, 5) is 15.6. The molecule has 0 unspecified atom stereocenters. The normalized spacial score (nSPS) is 19.2. The van der Waals surface area contributed by atoms with Crippen LogP contribution in [0.2, 0.25) is 0 Å². The van der Waals surface area contributed by atoms with E-state index in [0.717, 1.165) is 35.7 Å². The third kappa shape index (κ3) is 4.26. The van der Waals surface area contributed by atoms with Crippen molar-refractivity contribution in [2.24, 2.45) is 5.10 Å². The summed E-state index contributed by atoms with van der Waals surface area (Å²) >= 11 is 0. The third-order valence-electron chi connectivity index (χ3n) is 6.56. The van der Waals surface area contributed by atoms with Gasteiger partial charge in [-0.3, -0.25) is 9.69 Å². The number of fused-ring (bicyclic) bond motifs is 1. The van der Waals surface area contributed by atoms with Crippen LogP contribution in [-0.4, -0.2) is 48.3 Å². The number of amides is 1. The lowest BCUT2D eigenvalue weighted by atomic mass is 9.97. The quantitative estimate of drug-likeness (QED) is 0.575. The highest BCUT2D eigenvalue weighted by molar-refractivity contribution is 6.05. The Balaban J connectivity index is 1.45. The fraction of sp³-hybridized carbons (Fsp3) is 0.333. The Kier molecular flexibility index (Phi) is 5.91. The standard InChI is InChI=1S/C27H29N3O2/c1-32-24-13-11-21(12-14-24)26-18-25(23-10-9-20-7-3-4-8-22(20)17-23)28-30(26)27(31)19-29-15-5-2-6-16-29/h3-4,7-14,17,26H,2,5-6,15-16,18-19H2,1H3/t26-/m1/s1. The van der Waals surface area contributed by atoms with E-state index in [1.165, 1.54) is 30.0 Å². The number of rotatable bonds is 5. The van der Waals surface area contributed by atoms with Gasteiger partial charge in [0.25, 0.3) is 5.91 Å². The Labute approximate surface area is 189 Å². The molecule has 1 saturated heterocycles. The van der Waals surface area contributed by atoms with Gasteiger partial charge < -0.3 is 4.74 Å². The first-order valence-corrected chi connectivity index (χ1v) is 11.5. The molecule has 0 bridgehead atoms. The van der Waals surface area contributed by atoms with Crippen LogP contribution in [0, 0.1) is 0 Å². The Hall–Kier alpha value is -3.18. The Morgan fingerprint density at radius 2 is 1.72 bits per heavy atom. The highest BCUT2D eigenvalue weighted by atomic mass is 16.5. The molecule has 2 aliphatic rings. The van der Waals surface area contributed by atoms with Crippen LogP contribution in [0.25, 0.3) is 10.8 Å². The molecule has 3 aromatic rings. The summed E-state index contributed by atoms with van der Waals surface area (Å²) < 4.78 is 5.32. The second kappa shape index (κ2) is 9.13. The minimum atomic E-state index is -0.0975. The number of ether oxygens (including phenoxy) is 1. The van der Waals surface area contributed by atoms with E-state index in [-0.39, 0.29) is 11.9 Å². The van der Waals surface area contributed by atoms with E-state index in [1.54, 1.807) is 12.1 Å². The van der Waals surface area contributed by atoms with Crippen LogP contribution in [0.15, 0.2) is 71.8 Å². The minimum Gasteiger partial charge on any atom is -0.497 e. The van der Waals surface area contributed by atoms with Crippen LogP contribution in [0.1, 0.15) is 42.9 Å². The first-order chi connectivity index (χ1) is 15.7. The highest BCUT2D eigenvalue weighted by Crippen LogP contribution is 2.34. The number of methoxy groups -OCH3 is 1. The molecule has 0 N–H and O–H groups in total. The number of piperidine rings is 1. The van der Waals surface area contributed by atoms with Crippen LogP contribution in [0.4, 0.5) is 0 Å². The highest BCUT2D eigenvalue weighted by Gasteiger charge is 2.34. The van der Waals surface area contributed by atoms with Crippen molar-refractivity contribution in [1.29, 1.82) is 0 Å². The largest absolute Gasteiger partial charge is 0.497 e.